The number of fused-ring (bicyclic) bond motifs is 1. The molecule has 3 N–H and O–H groups in total. The average Bonchev–Trinajstić information content (AvgIpc) is 3.34. The first kappa shape index (κ1) is 18.6. The van der Waals surface area contributed by atoms with Crippen molar-refractivity contribution < 1.29 is 12.9 Å². The van der Waals surface area contributed by atoms with Crippen LogP contribution in [-0.2, 0) is 10.0 Å². The van der Waals surface area contributed by atoms with Crippen LogP contribution in [0.2, 0.25) is 0 Å². The molecular formula is C18H24N4O3S2. The summed E-state index contributed by atoms with van der Waals surface area (Å²) in [6.07, 6.45) is 5.89. The van der Waals surface area contributed by atoms with Crippen LogP contribution in [0.15, 0.2) is 21.6 Å². The molecule has 0 amide bonds. The fraction of sp³-hybridized carbons (Fsp3) is 0.500. The Morgan fingerprint density at radius 1 is 1.22 bits per heavy atom. The smallest absolute Gasteiger partial charge is 0.242 e. The van der Waals surface area contributed by atoms with E-state index in [1.165, 1.54) is 0 Å². The molecule has 1 saturated carbocycles. The molecule has 1 unspecified atom stereocenters. The Bertz CT molecular complexity index is 946. The lowest BCUT2D eigenvalue weighted by Crippen LogP contribution is -2.33. The van der Waals surface area contributed by atoms with Gasteiger partial charge in [0, 0.05) is 11.6 Å². The molecule has 2 aliphatic rings. The predicted molar refractivity (Wildman–Crippen MR) is 109 cm³/mol. The number of hydrogen-bond donors (Lipinski definition) is 3. The summed E-state index contributed by atoms with van der Waals surface area (Å²) < 4.78 is 34.6. The molecule has 7 nitrogen and oxygen atoms in total. The normalized spacial score (nSPS) is 19.7. The lowest BCUT2D eigenvalue weighted by Gasteiger charge is -2.16. The maximum atomic E-state index is 13.2. The summed E-state index contributed by atoms with van der Waals surface area (Å²) in [6, 6.07) is 3.69. The zero-order valence-electron chi connectivity index (χ0n) is 15.6. The summed E-state index contributed by atoms with van der Waals surface area (Å²) >= 11 is 1.58. The number of nitrogens with zero attached hydrogens (tertiary/aromatic N) is 1. The Morgan fingerprint density at radius 3 is 2.59 bits per heavy atom. The average molecular weight is 409 g/mol. The van der Waals surface area contributed by atoms with Gasteiger partial charge < -0.3 is 15.2 Å². The van der Waals surface area contributed by atoms with Gasteiger partial charge in [-0.15, -0.1) is 11.8 Å². The summed E-state index contributed by atoms with van der Waals surface area (Å²) in [5.74, 6) is 0.673. The fourth-order valence-electron chi connectivity index (χ4n) is 3.88. The van der Waals surface area contributed by atoms with E-state index in [1.54, 1.807) is 17.8 Å². The maximum Gasteiger partial charge on any atom is 0.242 e. The molecule has 0 spiro atoms. The van der Waals surface area contributed by atoms with E-state index in [4.69, 9.17) is 4.52 Å². The molecule has 1 aromatic carbocycles. The van der Waals surface area contributed by atoms with Crippen molar-refractivity contribution in [2.75, 3.05) is 16.9 Å². The summed E-state index contributed by atoms with van der Waals surface area (Å²) in [5.41, 5.74) is 3.69. The van der Waals surface area contributed by atoms with Crippen molar-refractivity contribution in [3.63, 3.8) is 0 Å². The molecule has 1 aliphatic heterocycles. The van der Waals surface area contributed by atoms with Gasteiger partial charge in [-0.25, -0.2) is 13.1 Å². The van der Waals surface area contributed by atoms with Crippen molar-refractivity contribution in [2.24, 2.45) is 0 Å². The highest BCUT2D eigenvalue weighted by atomic mass is 32.2. The monoisotopic (exact) mass is 408 g/mol. The van der Waals surface area contributed by atoms with Gasteiger partial charge in [0.2, 0.25) is 10.0 Å². The molecule has 27 heavy (non-hydrogen) atoms. The molecule has 2 aromatic rings. The van der Waals surface area contributed by atoms with E-state index in [-0.39, 0.29) is 16.4 Å². The van der Waals surface area contributed by atoms with Crippen LogP contribution >= 0.6 is 11.8 Å². The standard InChI is InChI=1S/C18H24N4O3S2/c1-10-16(11(2)25-21-10)12-8-14-17(20-18(19-14)26-3)15(9-12)27(23,24)22-13-6-4-5-7-13/h8-9,13,18-20,22H,4-7H2,1-3H3. The Balaban J connectivity index is 1.82. The predicted octanol–water partition coefficient (Wildman–Crippen LogP) is 3.66. The summed E-state index contributed by atoms with van der Waals surface area (Å²) in [7, 11) is -3.65. The first-order valence-corrected chi connectivity index (χ1v) is 11.9. The van der Waals surface area contributed by atoms with E-state index in [1.807, 2.05) is 26.2 Å². The second-order valence-electron chi connectivity index (χ2n) is 7.10. The highest BCUT2D eigenvalue weighted by Crippen LogP contribution is 2.42. The molecule has 2 heterocycles. The van der Waals surface area contributed by atoms with Crippen molar-refractivity contribution in [1.29, 1.82) is 0 Å². The number of benzene rings is 1. The van der Waals surface area contributed by atoms with Gasteiger partial charge in [-0.05, 0) is 50.6 Å². The van der Waals surface area contributed by atoms with Gasteiger partial charge >= 0.3 is 0 Å². The van der Waals surface area contributed by atoms with E-state index >= 15 is 0 Å². The third-order valence-corrected chi connectivity index (χ3v) is 7.44. The van der Waals surface area contributed by atoms with Crippen molar-refractivity contribution in [3.05, 3.63) is 23.6 Å². The van der Waals surface area contributed by atoms with Crippen LogP contribution in [0.4, 0.5) is 11.4 Å². The van der Waals surface area contributed by atoms with Crippen molar-refractivity contribution in [1.82, 2.24) is 9.88 Å². The van der Waals surface area contributed by atoms with Gasteiger partial charge in [-0.1, -0.05) is 18.0 Å². The Hall–Kier alpha value is -1.71. The van der Waals surface area contributed by atoms with Gasteiger partial charge in [-0.2, -0.15) is 0 Å². The Kier molecular flexibility index (Phi) is 4.85. The fourth-order valence-corrected chi connectivity index (χ4v) is 5.88. The molecule has 9 heteroatoms. The Morgan fingerprint density at radius 2 is 1.96 bits per heavy atom. The van der Waals surface area contributed by atoms with Gasteiger partial charge in [0.25, 0.3) is 0 Å². The molecule has 1 fully saturated rings. The van der Waals surface area contributed by atoms with E-state index < -0.39 is 10.0 Å². The van der Waals surface area contributed by atoms with Gasteiger partial charge in [-0.3, -0.25) is 0 Å². The maximum absolute atomic E-state index is 13.2. The number of aromatic nitrogens is 1. The zero-order chi connectivity index (χ0) is 19.2. The minimum absolute atomic E-state index is 0.0130. The van der Waals surface area contributed by atoms with E-state index in [9.17, 15) is 8.42 Å². The molecule has 0 bridgehead atoms. The number of thioether (sulfide) groups is 1. The van der Waals surface area contributed by atoms with Crippen LogP contribution in [0.25, 0.3) is 11.1 Å². The summed E-state index contributed by atoms with van der Waals surface area (Å²) in [5, 5.41) is 10.6. The molecular weight excluding hydrogens is 384 g/mol. The third kappa shape index (κ3) is 3.43. The van der Waals surface area contributed by atoms with E-state index in [0.717, 1.165) is 48.2 Å². The number of anilines is 2. The van der Waals surface area contributed by atoms with Crippen LogP contribution in [-0.4, -0.2) is 31.4 Å². The van der Waals surface area contributed by atoms with E-state index in [2.05, 4.69) is 20.5 Å². The second kappa shape index (κ2) is 7.03. The second-order valence-corrected chi connectivity index (χ2v) is 9.73. The van der Waals surface area contributed by atoms with Crippen LogP contribution in [0.3, 0.4) is 0 Å². The summed E-state index contributed by atoms with van der Waals surface area (Å²) in [6.45, 7) is 3.70. The lowest BCUT2D eigenvalue weighted by atomic mass is 10.0. The van der Waals surface area contributed by atoms with Crippen LogP contribution < -0.4 is 15.4 Å². The van der Waals surface area contributed by atoms with Crippen molar-refractivity contribution >= 4 is 33.2 Å². The van der Waals surface area contributed by atoms with Gasteiger partial charge in [0.15, 0.2) is 0 Å². The van der Waals surface area contributed by atoms with Gasteiger partial charge in [0.1, 0.15) is 16.2 Å². The van der Waals surface area contributed by atoms with Crippen LogP contribution in [0, 0.1) is 13.8 Å². The summed E-state index contributed by atoms with van der Waals surface area (Å²) in [4.78, 5) is 0.269. The third-order valence-electron chi connectivity index (χ3n) is 5.19. The number of aryl methyl sites for hydroxylation is 2. The largest absolute Gasteiger partial charge is 0.361 e. The number of nitrogens with one attached hydrogen (secondary N) is 3. The molecule has 1 aromatic heterocycles. The topological polar surface area (TPSA) is 96.3 Å². The molecule has 1 aliphatic carbocycles. The molecule has 4 rings (SSSR count). The van der Waals surface area contributed by atoms with E-state index in [0.29, 0.717) is 11.4 Å². The SMILES string of the molecule is CSC1Nc2cc(-c3c(C)noc3C)cc(S(=O)(=O)NC3CCCC3)c2N1. The highest BCUT2D eigenvalue weighted by Gasteiger charge is 2.31. The lowest BCUT2D eigenvalue weighted by molar-refractivity contribution is 0.393. The minimum Gasteiger partial charge on any atom is -0.361 e. The molecule has 0 saturated heterocycles. The highest BCUT2D eigenvalue weighted by molar-refractivity contribution is 7.99. The number of rotatable bonds is 5. The zero-order valence-corrected chi connectivity index (χ0v) is 17.3. The number of hydrogen-bond acceptors (Lipinski definition) is 7. The number of sulfonamides is 1. The van der Waals surface area contributed by atoms with Crippen LogP contribution in [0.1, 0.15) is 37.1 Å². The quantitative estimate of drug-likeness (QED) is 0.695. The van der Waals surface area contributed by atoms with Crippen molar-refractivity contribution in [2.45, 2.75) is 56.0 Å². The minimum atomic E-state index is -3.65. The molecule has 0 radical (unpaired) electrons. The first-order chi connectivity index (χ1) is 12.9. The molecule has 1 atom stereocenters. The van der Waals surface area contributed by atoms with Crippen LogP contribution in [0.5, 0.6) is 0 Å². The van der Waals surface area contributed by atoms with Crippen molar-refractivity contribution in [3.8, 4) is 11.1 Å². The Labute approximate surface area is 163 Å². The van der Waals surface area contributed by atoms with Gasteiger partial charge in [0.05, 0.1) is 17.1 Å². The molecule has 146 valence electrons. The first-order valence-electron chi connectivity index (χ1n) is 9.08.